The van der Waals surface area contributed by atoms with E-state index in [0.717, 1.165) is 69.9 Å². The number of methoxy groups -OCH3 is 2. The summed E-state index contributed by atoms with van der Waals surface area (Å²) in [4.78, 5) is 18.0. The Hall–Kier alpha value is -3.51. The minimum Gasteiger partial charge on any atom is -0.497 e. The van der Waals surface area contributed by atoms with Gasteiger partial charge >= 0.3 is 0 Å². The van der Waals surface area contributed by atoms with E-state index in [2.05, 4.69) is 41.3 Å². The number of carbonyl (C=O) groups is 1. The van der Waals surface area contributed by atoms with Gasteiger partial charge in [0.15, 0.2) is 0 Å². The van der Waals surface area contributed by atoms with Gasteiger partial charge in [-0.15, -0.1) is 0 Å². The van der Waals surface area contributed by atoms with Crippen LogP contribution in [0.2, 0.25) is 0 Å². The van der Waals surface area contributed by atoms with Crippen LogP contribution in [0.15, 0.2) is 72.8 Å². The minimum atomic E-state index is 0.0700. The second-order valence-electron chi connectivity index (χ2n) is 11.2. The van der Waals surface area contributed by atoms with Crippen molar-refractivity contribution in [3.8, 4) is 17.2 Å². The molecule has 40 heavy (non-hydrogen) atoms. The van der Waals surface area contributed by atoms with E-state index in [1.54, 1.807) is 14.2 Å². The van der Waals surface area contributed by atoms with Gasteiger partial charge in [0.2, 0.25) is 0 Å². The van der Waals surface area contributed by atoms with Crippen molar-refractivity contribution in [2.75, 3.05) is 47.0 Å². The van der Waals surface area contributed by atoms with Gasteiger partial charge in [-0.3, -0.25) is 9.69 Å². The van der Waals surface area contributed by atoms with Crippen LogP contribution < -0.4 is 14.2 Å². The highest BCUT2D eigenvalue weighted by Gasteiger charge is 2.37. The highest BCUT2D eigenvalue weighted by molar-refractivity contribution is 5.97. The summed E-state index contributed by atoms with van der Waals surface area (Å²) in [5.74, 6) is 2.61. The number of aryl methyl sites for hydroxylation is 1. The summed E-state index contributed by atoms with van der Waals surface area (Å²) in [6.07, 6.45) is 6.54. The smallest absolute Gasteiger partial charge is 0.257 e. The van der Waals surface area contributed by atoms with Crippen molar-refractivity contribution in [3.63, 3.8) is 0 Å². The van der Waals surface area contributed by atoms with Crippen molar-refractivity contribution >= 4 is 5.91 Å². The van der Waals surface area contributed by atoms with Gasteiger partial charge in [0.1, 0.15) is 23.9 Å². The Bertz CT molecular complexity index is 1250. The normalized spacial score (nSPS) is 18.1. The van der Waals surface area contributed by atoms with Crippen molar-refractivity contribution in [3.05, 3.63) is 89.5 Å². The van der Waals surface area contributed by atoms with E-state index < -0.39 is 0 Å². The molecule has 0 N–H and O–H groups in total. The molecule has 2 aliphatic rings. The fourth-order valence-electron chi connectivity index (χ4n) is 6.29. The maximum Gasteiger partial charge on any atom is 0.257 e. The fraction of sp³-hybridized carbons (Fsp3) is 0.441. The predicted molar refractivity (Wildman–Crippen MR) is 158 cm³/mol. The second-order valence-corrected chi connectivity index (χ2v) is 11.2. The number of rotatable bonds is 5. The summed E-state index contributed by atoms with van der Waals surface area (Å²) in [5.41, 5.74) is 3.39. The van der Waals surface area contributed by atoms with Crippen molar-refractivity contribution in [1.82, 2.24) is 9.80 Å². The van der Waals surface area contributed by atoms with Crippen LogP contribution in [0.1, 0.15) is 53.6 Å². The first-order valence-electron chi connectivity index (χ1n) is 14.6. The Morgan fingerprint density at radius 3 is 2.38 bits per heavy atom. The Balaban J connectivity index is 1.33. The SMILES string of the molecule is COc1ccc(CN2CCOc3ccccc3CCCCC3(CCN(C(=O)c4ccccc4OC)CC3)C2)cc1. The third-order valence-corrected chi connectivity index (χ3v) is 8.61. The lowest BCUT2D eigenvalue weighted by Crippen LogP contribution is -2.48. The van der Waals surface area contributed by atoms with Crippen LogP contribution in [-0.2, 0) is 13.0 Å². The van der Waals surface area contributed by atoms with Crippen LogP contribution in [0.3, 0.4) is 0 Å². The predicted octanol–water partition coefficient (Wildman–Crippen LogP) is 6.23. The summed E-state index contributed by atoms with van der Waals surface area (Å²) < 4.78 is 17.2. The van der Waals surface area contributed by atoms with E-state index in [1.807, 2.05) is 41.3 Å². The molecule has 2 aliphatic heterocycles. The highest BCUT2D eigenvalue weighted by Crippen LogP contribution is 2.39. The van der Waals surface area contributed by atoms with Gasteiger partial charge in [0, 0.05) is 32.7 Å². The molecule has 0 aliphatic carbocycles. The van der Waals surface area contributed by atoms with Gasteiger partial charge in [0.05, 0.1) is 19.8 Å². The Labute approximate surface area is 238 Å². The number of likely N-dealkylation sites (tertiary alicyclic amines) is 1. The van der Waals surface area contributed by atoms with E-state index >= 15 is 0 Å². The summed E-state index contributed by atoms with van der Waals surface area (Å²) in [6, 6.07) is 24.4. The molecule has 1 spiro atoms. The number of piperidine rings is 1. The molecule has 0 unspecified atom stereocenters. The van der Waals surface area contributed by atoms with E-state index in [4.69, 9.17) is 14.2 Å². The average molecular weight is 543 g/mol. The molecule has 3 aromatic carbocycles. The molecular formula is C34H42N2O4. The maximum atomic E-state index is 13.4. The standard InChI is InChI=1S/C34H42N2O4/c1-38-29-16-14-27(15-17-29)25-35-23-24-40-31-12-5-3-9-28(31)10-7-8-18-34(26-35)19-21-36(22-20-34)33(37)30-11-4-6-13-32(30)39-2/h3-6,9,11-17H,7-8,10,18-26H2,1-2H3. The summed E-state index contributed by atoms with van der Waals surface area (Å²) >= 11 is 0. The Morgan fingerprint density at radius 2 is 1.60 bits per heavy atom. The number of hydrogen-bond acceptors (Lipinski definition) is 5. The van der Waals surface area contributed by atoms with Crippen LogP contribution >= 0.6 is 0 Å². The van der Waals surface area contributed by atoms with Gasteiger partial charge in [-0.2, -0.15) is 0 Å². The minimum absolute atomic E-state index is 0.0700. The third kappa shape index (κ3) is 6.79. The topological polar surface area (TPSA) is 51.2 Å². The number of para-hydroxylation sites is 2. The van der Waals surface area contributed by atoms with Crippen LogP contribution in [-0.4, -0.2) is 62.7 Å². The van der Waals surface area contributed by atoms with Crippen LogP contribution in [0.4, 0.5) is 0 Å². The third-order valence-electron chi connectivity index (χ3n) is 8.61. The molecule has 3 aromatic rings. The number of benzene rings is 3. The Morgan fingerprint density at radius 1 is 0.850 bits per heavy atom. The first-order chi connectivity index (χ1) is 19.6. The highest BCUT2D eigenvalue weighted by atomic mass is 16.5. The molecule has 212 valence electrons. The van der Waals surface area contributed by atoms with E-state index in [1.165, 1.54) is 24.0 Å². The van der Waals surface area contributed by atoms with Crippen LogP contribution in [0, 0.1) is 5.41 Å². The summed E-state index contributed by atoms with van der Waals surface area (Å²) in [7, 11) is 3.33. The van der Waals surface area contributed by atoms with Crippen LogP contribution in [0.25, 0.3) is 0 Å². The molecule has 0 radical (unpaired) electrons. The van der Waals surface area contributed by atoms with E-state index in [-0.39, 0.29) is 11.3 Å². The molecular weight excluding hydrogens is 500 g/mol. The van der Waals surface area contributed by atoms with Crippen molar-refractivity contribution < 1.29 is 19.0 Å². The lowest BCUT2D eigenvalue weighted by Gasteiger charge is -2.45. The molecule has 0 bridgehead atoms. The van der Waals surface area contributed by atoms with Crippen molar-refractivity contribution in [2.45, 2.75) is 45.1 Å². The van der Waals surface area contributed by atoms with Crippen LogP contribution in [0.5, 0.6) is 17.2 Å². The quantitative estimate of drug-likeness (QED) is 0.382. The summed E-state index contributed by atoms with van der Waals surface area (Å²) in [6.45, 7) is 4.91. The zero-order chi connectivity index (χ0) is 27.8. The number of fused-ring (bicyclic) bond motifs is 1. The fourth-order valence-corrected chi connectivity index (χ4v) is 6.29. The van der Waals surface area contributed by atoms with Gasteiger partial charge in [0.25, 0.3) is 5.91 Å². The number of carbonyl (C=O) groups excluding carboxylic acids is 1. The largest absolute Gasteiger partial charge is 0.497 e. The molecule has 0 atom stereocenters. The van der Waals surface area contributed by atoms with E-state index in [0.29, 0.717) is 17.9 Å². The number of ether oxygens (including phenoxy) is 3. The van der Waals surface area contributed by atoms with E-state index in [9.17, 15) is 4.79 Å². The molecule has 0 saturated carbocycles. The molecule has 0 aromatic heterocycles. The molecule has 5 rings (SSSR count). The Kier molecular flexibility index (Phi) is 9.27. The van der Waals surface area contributed by atoms with Gasteiger partial charge in [-0.05, 0) is 79.0 Å². The molecule has 6 nitrogen and oxygen atoms in total. The zero-order valence-electron chi connectivity index (χ0n) is 23.9. The second kappa shape index (κ2) is 13.2. The zero-order valence-corrected chi connectivity index (χ0v) is 23.9. The average Bonchev–Trinajstić information content (AvgIpc) is 3.00. The molecule has 1 fully saturated rings. The monoisotopic (exact) mass is 542 g/mol. The molecule has 1 amide bonds. The maximum absolute atomic E-state index is 13.4. The van der Waals surface area contributed by atoms with Gasteiger partial charge < -0.3 is 19.1 Å². The lowest BCUT2D eigenvalue weighted by atomic mass is 9.73. The van der Waals surface area contributed by atoms with Crippen molar-refractivity contribution in [1.29, 1.82) is 0 Å². The molecule has 2 heterocycles. The van der Waals surface area contributed by atoms with Crippen molar-refractivity contribution in [2.24, 2.45) is 5.41 Å². The summed E-state index contributed by atoms with van der Waals surface area (Å²) in [5, 5.41) is 0. The first-order valence-corrected chi connectivity index (χ1v) is 14.6. The molecule has 6 heteroatoms. The lowest BCUT2D eigenvalue weighted by molar-refractivity contribution is 0.0359. The van der Waals surface area contributed by atoms with Gasteiger partial charge in [-0.25, -0.2) is 0 Å². The first kappa shape index (κ1) is 28.0. The van der Waals surface area contributed by atoms with Gasteiger partial charge in [-0.1, -0.05) is 48.9 Å². The number of nitrogens with zero attached hydrogens (tertiary/aromatic N) is 2. The number of amides is 1. The number of hydrogen-bond donors (Lipinski definition) is 0. The molecule has 1 saturated heterocycles.